The van der Waals surface area contributed by atoms with Gasteiger partial charge in [0.25, 0.3) is 5.91 Å². The maximum Gasteiger partial charge on any atom is 0.322 e. The van der Waals surface area contributed by atoms with Gasteiger partial charge in [0, 0.05) is 27.8 Å². The van der Waals surface area contributed by atoms with Gasteiger partial charge in [-0.25, -0.2) is 0 Å². The number of ketones is 2. The van der Waals surface area contributed by atoms with Crippen molar-refractivity contribution in [2.24, 2.45) is 5.73 Å². The Morgan fingerprint density at radius 3 is 2.10 bits per heavy atom. The summed E-state index contributed by atoms with van der Waals surface area (Å²) in [5.74, 6) is -8.44. The van der Waals surface area contributed by atoms with Gasteiger partial charge in [0.1, 0.15) is 72.6 Å². The van der Waals surface area contributed by atoms with Crippen LogP contribution in [0.15, 0.2) is 24.3 Å². The number of hydrogen-bond donors (Lipinski definition) is 12. The first-order chi connectivity index (χ1) is 27.7. The number of aryl methyl sites for hydroxylation is 1. The molecule has 0 spiro atoms. The molecule has 2 amide bonds. The van der Waals surface area contributed by atoms with Gasteiger partial charge in [-0.3, -0.25) is 24.0 Å². The number of nitrogens with two attached hydrogens (primary N) is 1. The Kier molecular flexibility index (Phi) is 10.7. The number of fused-ring (bicyclic) bond motifs is 5. The van der Waals surface area contributed by atoms with Crippen LogP contribution < -0.4 is 11.1 Å². The topological polar surface area (TPSA) is 363 Å². The number of carbonyl (C=O) groups is 5. The lowest BCUT2D eigenvalue weighted by Gasteiger charge is -2.45. The van der Waals surface area contributed by atoms with Crippen molar-refractivity contribution in [3.05, 3.63) is 74.3 Å². The third kappa shape index (κ3) is 6.76. The van der Waals surface area contributed by atoms with E-state index in [4.69, 9.17) is 29.8 Å². The molecular weight excluding hydrogens is 788 g/mol. The molecule has 7 rings (SSSR count). The summed E-state index contributed by atoms with van der Waals surface area (Å²) in [6.07, 6.45) is -18.8. The molecular formula is C38H38N2O19. The molecule has 2 aliphatic carbocycles. The molecule has 0 radical (unpaired) electrons. The second-order valence-electron chi connectivity index (χ2n) is 14.6. The first-order valence-electron chi connectivity index (χ1n) is 17.9. The van der Waals surface area contributed by atoms with Crippen LogP contribution in [0.4, 0.5) is 0 Å². The van der Waals surface area contributed by atoms with E-state index in [1.54, 1.807) is 0 Å². The number of aliphatic hydroxyl groups is 6. The van der Waals surface area contributed by atoms with Crippen LogP contribution in [0, 0.1) is 6.92 Å². The average Bonchev–Trinajstić information content (AvgIpc) is 3.17. The molecule has 2 aliphatic heterocycles. The fraction of sp³-hybridized carbons (Fsp3) is 0.395. The number of hydrogen-bond acceptors (Lipinski definition) is 18. The first-order valence-corrected chi connectivity index (χ1v) is 17.9. The Morgan fingerprint density at radius 2 is 1.44 bits per heavy atom. The highest BCUT2D eigenvalue weighted by molar-refractivity contribution is 6.31. The Hall–Kier alpha value is -5.59. The quantitative estimate of drug-likeness (QED) is 0.0902. The summed E-state index contributed by atoms with van der Waals surface area (Å²) in [5, 5.41) is 111. The Morgan fingerprint density at radius 1 is 0.797 bits per heavy atom. The zero-order chi connectivity index (χ0) is 43.1. The number of ether oxygens (including phenoxy) is 4. The molecule has 2 saturated heterocycles. The van der Waals surface area contributed by atoms with E-state index in [0.29, 0.717) is 0 Å². The predicted molar refractivity (Wildman–Crippen MR) is 191 cm³/mol. The van der Waals surface area contributed by atoms with Crippen molar-refractivity contribution < 1.29 is 94.0 Å². The third-order valence-corrected chi connectivity index (χ3v) is 10.8. The van der Waals surface area contributed by atoms with Gasteiger partial charge in [-0.2, -0.15) is 0 Å². The number of aromatic hydroxyl groups is 3. The van der Waals surface area contributed by atoms with Crippen LogP contribution in [-0.4, -0.2) is 149 Å². The molecule has 0 aromatic heterocycles. The van der Waals surface area contributed by atoms with Crippen molar-refractivity contribution in [2.45, 2.75) is 81.4 Å². The fourth-order valence-electron chi connectivity index (χ4n) is 7.84. The van der Waals surface area contributed by atoms with Crippen LogP contribution in [0.25, 0.3) is 11.1 Å². The maximum atomic E-state index is 14.0. The minimum Gasteiger partial charge on any atom is -0.507 e. The number of carboxylic acids is 1. The zero-order valence-corrected chi connectivity index (χ0v) is 30.8. The standard InChI is InChI=1S/C38H38N2O19/c1-9-3-15-22(29(50)19(9)36(55)40-7-18(43)44)21-13(6-14-23(30(21)51)26(47)12-4-11(35(39)54)5-16(41)20(12)25(14)46)27(48)33(15)58-38-32(53)34(24(45)10(2)57-38)59-37-31(52)28(49)17(42)8-56-37/h3-6,10,17,24,27-28,31-34,37-38,41-42,45,48-53H,7-8H2,1-2H3,(H2,39,54)(H,40,55)(H,43,44)/t10-,17-,24+,27+,28+,31-,32-,33+,34+,37+,38+/m1/s1. The van der Waals surface area contributed by atoms with E-state index >= 15 is 0 Å². The lowest BCUT2D eigenvalue weighted by Crippen LogP contribution is -2.62. The smallest absolute Gasteiger partial charge is 0.322 e. The molecule has 21 nitrogen and oxygen atoms in total. The van der Waals surface area contributed by atoms with Gasteiger partial charge >= 0.3 is 5.97 Å². The van der Waals surface area contributed by atoms with Crippen LogP contribution in [-0.2, 0) is 23.7 Å². The highest BCUT2D eigenvalue weighted by Gasteiger charge is 2.51. The molecule has 3 aromatic carbocycles. The summed E-state index contributed by atoms with van der Waals surface area (Å²) in [5.41, 5.74) is 0.593. The second-order valence-corrected chi connectivity index (χ2v) is 14.6. The summed E-state index contributed by atoms with van der Waals surface area (Å²) in [6.45, 7) is 1.32. The van der Waals surface area contributed by atoms with E-state index < -0.39 is 172 Å². The van der Waals surface area contributed by atoms with Crippen molar-refractivity contribution in [1.82, 2.24) is 5.32 Å². The average molecular weight is 827 g/mol. The molecule has 0 unspecified atom stereocenters. The van der Waals surface area contributed by atoms with Gasteiger partial charge in [-0.1, -0.05) is 6.07 Å². The molecule has 2 fully saturated rings. The number of phenolic OH excluding ortho intramolecular Hbond substituents is 3. The van der Waals surface area contributed by atoms with Crippen molar-refractivity contribution in [3.63, 3.8) is 0 Å². The number of primary amides is 1. The normalized spacial score (nSPS) is 29.8. The maximum absolute atomic E-state index is 14.0. The summed E-state index contributed by atoms with van der Waals surface area (Å²) < 4.78 is 22.9. The zero-order valence-electron chi connectivity index (χ0n) is 30.8. The van der Waals surface area contributed by atoms with Gasteiger partial charge in [0.15, 0.2) is 24.1 Å². The largest absolute Gasteiger partial charge is 0.507 e. The highest BCUT2D eigenvalue weighted by atomic mass is 16.7. The summed E-state index contributed by atoms with van der Waals surface area (Å²) in [4.78, 5) is 64.5. The SMILES string of the molecule is Cc1cc2c(c(O)c1C(=O)NCC(=O)O)-c1c(cc3c(c1O)C(=O)c1cc(C(N)=O)cc(O)c1C3=O)[C@H](O)[C@H]2O[C@@H]1O[C@H](C)[C@H](O)[C@H](O[C@@H]2OC[C@@H](O)[C@H](O)[C@H]2O)[C@H]1O. The molecule has 11 atom stereocenters. The lowest BCUT2D eigenvalue weighted by molar-refractivity contribution is -0.353. The minimum absolute atomic E-state index is 0.0280. The molecule has 0 saturated carbocycles. The van der Waals surface area contributed by atoms with E-state index in [0.717, 1.165) is 18.2 Å². The summed E-state index contributed by atoms with van der Waals surface area (Å²) in [6, 6.07) is 3.99. The number of phenols is 3. The van der Waals surface area contributed by atoms with Crippen molar-refractivity contribution in [3.8, 4) is 28.4 Å². The van der Waals surface area contributed by atoms with Gasteiger partial charge in [0.2, 0.25) is 5.91 Å². The fourth-order valence-corrected chi connectivity index (χ4v) is 7.84. The van der Waals surface area contributed by atoms with Crippen molar-refractivity contribution >= 4 is 29.4 Å². The monoisotopic (exact) mass is 826 g/mol. The highest BCUT2D eigenvalue weighted by Crippen LogP contribution is 2.57. The van der Waals surface area contributed by atoms with Crippen LogP contribution >= 0.6 is 0 Å². The molecule has 13 N–H and O–H groups in total. The van der Waals surface area contributed by atoms with Gasteiger partial charge in [-0.15, -0.1) is 0 Å². The van der Waals surface area contributed by atoms with E-state index in [2.05, 4.69) is 5.32 Å². The first kappa shape index (κ1) is 41.6. The number of aliphatic hydroxyl groups excluding tert-OH is 6. The number of carboxylic acid groups (broad SMARTS) is 1. The van der Waals surface area contributed by atoms with Crippen LogP contribution in [0.2, 0.25) is 0 Å². The Labute approximate surface area is 331 Å². The van der Waals surface area contributed by atoms with E-state index in [1.165, 1.54) is 19.9 Å². The summed E-state index contributed by atoms with van der Waals surface area (Å²) in [7, 11) is 0. The molecule has 314 valence electrons. The molecule has 59 heavy (non-hydrogen) atoms. The van der Waals surface area contributed by atoms with Crippen molar-refractivity contribution in [2.75, 3.05) is 13.2 Å². The van der Waals surface area contributed by atoms with Crippen molar-refractivity contribution in [1.29, 1.82) is 0 Å². The molecule has 2 heterocycles. The van der Waals surface area contributed by atoms with Crippen LogP contribution in [0.5, 0.6) is 17.2 Å². The molecule has 3 aromatic rings. The van der Waals surface area contributed by atoms with E-state index in [-0.39, 0.29) is 16.7 Å². The van der Waals surface area contributed by atoms with E-state index in [1.807, 2.05) is 0 Å². The molecule has 0 bridgehead atoms. The Bertz CT molecular complexity index is 2310. The van der Waals surface area contributed by atoms with Crippen LogP contribution in [0.3, 0.4) is 0 Å². The number of benzene rings is 3. The summed E-state index contributed by atoms with van der Waals surface area (Å²) >= 11 is 0. The number of rotatable bonds is 8. The van der Waals surface area contributed by atoms with Gasteiger partial charge < -0.3 is 81.1 Å². The Balaban J connectivity index is 1.36. The number of amides is 2. The predicted octanol–water partition coefficient (Wildman–Crippen LogP) is -2.14. The number of aliphatic carboxylic acids is 1. The molecule has 4 aliphatic rings. The minimum atomic E-state index is -1.98. The van der Waals surface area contributed by atoms with Crippen LogP contribution in [0.1, 0.15) is 88.4 Å². The third-order valence-electron chi connectivity index (χ3n) is 10.8. The van der Waals surface area contributed by atoms with Gasteiger partial charge in [-0.05, 0) is 48.7 Å². The number of carbonyl (C=O) groups excluding carboxylic acids is 4. The van der Waals surface area contributed by atoms with E-state index in [9.17, 15) is 69.9 Å². The van der Waals surface area contributed by atoms with Gasteiger partial charge in [0.05, 0.1) is 29.4 Å². The number of nitrogens with one attached hydrogen (secondary N) is 1. The molecule has 21 heteroatoms. The second kappa shape index (κ2) is 15.2. The lowest BCUT2D eigenvalue weighted by atomic mass is 9.74.